The molecule has 0 fully saturated rings. The molecule has 4 heteroatoms. The van der Waals surface area contributed by atoms with Gasteiger partial charge >= 0.3 is 0 Å². The molecule has 1 aromatic carbocycles. The molecular weight excluding hydrogens is 242 g/mol. The molecule has 0 bridgehead atoms. The Morgan fingerprint density at radius 1 is 1.44 bits per heavy atom. The fourth-order valence-electron chi connectivity index (χ4n) is 1.29. The molecule has 0 amide bonds. The average molecular weight is 260 g/mol. The molecule has 0 radical (unpaired) electrons. The van der Waals surface area contributed by atoms with Crippen LogP contribution in [0.1, 0.15) is 25.8 Å². The third-order valence-corrected chi connectivity index (χ3v) is 3.99. The summed E-state index contributed by atoms with van der Waals surface area (Å²) in [5.74, 6) is 1.84. The van der Waals surface area contributed by atoms with Gasteiger partial charge in [-0.3, -0.25) is 4.21 Å². The molecule has 1 aromatic rings. The van der Waals surface area contributed by atoms with Crippen molar-refractivity contribution in [2.45, 2.75) is 26.0 Å². The van der Waals surface area contributed by atoms with Crippen molar-refractivity contribution in [3.8, 4) is 0 Å². The van der Waals surface area contributed by atoms with Crippen LogP contribution in [0.15, 0.2) is 18.2 Å². The maximum Gasteiger partial charge on any atom is 0.0500 e. The zero-order valence-corrected chi connectivity index (χ0v) is 11.3. The fraction of sp³-hybridized carbons (Fsp3) is 0.500. The average Bonchev–Trinajstić information content (AvgIpc) is 2.19. The summed E-state index contributed by atoms with van der Waals surface area (Å²) < 4.78 is 11.8. The Labute approximate surface area is 105 Å². The standard InChI is InChI=1S/C12H18ClNOS/c1-9(2)5-6-16(15)8-10-3-4-11(14)7-12(10)13/h3-4,7,9H,5-6,8,14H2,1-2H3. The van der Waals surface area contributed by atoms with Crippen LogP contribution in [0.5, 0.6) is 0 Å². The van der Waals surface area contributed by atoms with Gasteiger partial charge < -0.3 is 5.73 Å². The quantitative estimate of drug-likeness (QED) is 0.825. The number of hydrogen-bond acceptors (Lipinski definition) is 2. The van der Waals surface area contributed by atoms with E-state index in [0.717, 1.165) is 17.7 Å². The molecule has 0 heterocycles. The molecule has 1 unspecified atom stereocenters. The smallest absolute Gasteiger partial charge is 0.0500 e. The lowest BCUT2D eigenvalue weighted by Gasteiger charge is -2.07. The molecule has 0 aliphatic heterocycles. The number of benzene rings is 1. The summed E-state index contributed by atoms with van der Waals surface area (Å²) in [7, 11) is -0.834. The first-order valence-corrected chi connectivity index (χ1v) is 7.24. The molecule has 0 aliphatic rings. The highest BCUT2D eigenvalue weighted by atomic mass is 35.5. The molecular formula is C12H18ClNOS. The number of nitrogen functional groups attached to an aromatic ring is 1. The summed E-state index contributed by atoms with van der Waals surface area (Å²) >= 11 is 6.02. The van der Waals surface area contributed by atoms with Gasteiger partial charge in [-0.05, 0) is 30.0 Å². The van der Waals surface area contributed by atoms with E-state index in [2.05, 4.69) is 13.8 Å². The highest BCUT2D eigenvalue weighted by Crippen LogP contribution is 2.20. The first-order chi connectivity index (χ1) is 7.49. The Hall–Kier alpha value is -0.540. The summed E-state index contributed by atoms with van der Waals surface area (Å²) in [4.78, 5) is 0. The van der Waals surface area contributed by atoms with Gasteiger partial charge in [0.1, 0.15) is 0 Å². The lowest BCUT2D eigenvalue weighted by Crippen LogP contribution is -2.04. The third kappa shape index (κ3) is 4.54. The Balaban J connectivity index is 2.56. The van der Waals surface area contributed by atoms with E-state index in [0.29, 0.717) is 22.4 Å². The second-order valence-electron chi connectivity index (χ2n) is 4.32. The van der Waals surface area contributed by atoms with Crippen LogP contribution in [0.2, 0.25) is 5.02 Å². The zero-order chi connectivity index (χ0) is 12.1. The lowest BCUT2D eigenvalue weighted by atomic mass is 10.2. The highest BCUT2D eigenvalue weighted by Gasteiger charge is 2.07. The van der Waals surface area contributed by atoms with E-state index < -0.39 is 10.8 Å². The van der Waals surface area contributed by atoms with Crippen LogP contribution < -0.4 is 5.73 Å². The maximum atomic E-state index is 11.8. The largest absolute Gasteiger partial charge is 0.399 e. The molecule has 1 atom stereocenters. The van der Waals surface area contributed by atoms with E-state index in [-0.39, 0.29) is 0 Å². The van der Waals surface area contributed by atoms with Crippen molar-refractivity contribution in [3.05, 3.63) is 28.8 Å². The van der Waals surface area contributed by atoms with E-state index in [1.807, 2.05) is 6.07 Å². The molecule has 0 saturated carbocycles. The van der Waals surface area contributed by atoms with Crippen LogP contribution in [0.25, 0.3) is 0 Å². The Morgan fingerprint density at radius 2 is 2.12 bits per heavy atom. The number of hydrogen-bond donors (Lipinski definition) is 1. The van der Waals surface area contributed by atoms with Gasteiger partial charge in [-0.15, -0.1) is 0 Å². The number of anilines is 1. The first-order valence-electron chi connectivity index (χ1n) is 5.38. The van der Waals surface area contributed by atoms with Crippen LogP contribution >= 0.6 is 11.6 Å². The monoisotopic (exact) mass is 259 g/mol. The van der Waals surface area contributed by atoms with E-state index in [1.54, 1.807) is 12.1 Å². The third-order valence-electron chi connectivity index (χ3n) is 2.32. The lowest BCUT2D eigenvalue weighted by molar-refractivity contribution is 0.619. The second kappa shape index (κ2) is 6.26. The Morgan fingerprint density at radius 3 is 2.69 bits per heavy atom. The van der Waals surface area contributed by atoms with Gasteiger partial charge in [0.15, 0.2) is 0 Å². The van der Waals surface area contributed by atoms with Gasteiger partial charge in [-0.25, -0.2) is 0 Å². The van der Waals surface area contributed by atoms with E-state index >= 15 is 0 Å². The van der Waals surface area contributed by atoms with Crippen molar-refractivity contribution in [3.63, 3.8) is 0 Å². The summed E-state index contributed by atoms with van der Waals surface area (Å²) in [5.41, 5.74) is 7.15. The zero-order valence-electron chi connectivity index (χ0n) is 9.70. The molecule has 0 spiro atoms. The van der Waals surface area contributed by atoms with Crippen LogP contribution in [0, 0.1) is 5.92 Å². The summed E-state index contributed by atoms with van der Waals surface area (Å²) in [5, 5.41) is 0.609. The van der Waals surface area contributed by atoms with Gasteiger partial charge in [-0.1, -0.05) is 31.5 Å². The van der Waals surface area contributed by atoms with Crippen LogP contribution in [0.3, 0.4) is 0 Å². The van der Waals surface area contributed by atoms with Gasteiger partial charge in [0, 0.05) is 33.0 Å². The number of halogens is 1. The van der Waals surface area contributed by atoms with Crippen LogP contribution in [0.4, 0.5) is 5.69 Å². The van der Waals surface area contributed by atoms with Crippen molar-refractivity contribution in [2.24, 2.45) is 5.92 Å². The van der Waals surface area contributed by atoms with E-state index in [1.165, 1.54) is 0 Å². The SMILES string of the molecule is CC(C)CCS(=O)Cc1ccc(N)cc1Cl. The van der Waals surface area contributed by atoms with Gasteiger partial charge in [0.25, 0.3) is 0 Å². The van der Waals surface area contributed by atoms with Crippen molar-refractivity contribution >= 4 is 28.1 Å². The predicted molar refractivity (Wildman–Crippen MR) is 72.0 cm³/mol. The predicted octanol–water partition coefficient (Wildman–Crippen LogP) is 3.22. The van der Waals surface area contributed by atoms with Crippen molar-refractivity contribution in [2.75, 3.05) is 11.5 Å². The molecule has 0 aliphatic carbocycles. The summed E-state index contributed by atoms with van der Waals surface area (Å²) in [6.07, 6.45) is 0.985. The molecule has 1 rings (SSSR count). The van der Waals surface area contributed by atoms with E-state index in [9.17, 15) is 4.21 Å². The normalized spacial score (nSPS) is 13.0. The minimum atomic E-state index is -0.834. The van der Waals surface area contributed by atoms with Gasteiger partial charge in [0.05, 0.1) is 0 Å². The number of nitrogens with two attached hydrogens (primary N) is 1. The highest BCUT2D eigenvalue weighted by molar-refractivity contribution is 7.84. The molecule has 0 aromatic heterocycles. The minimum absolute atomic E-state index is 0.520. The molecule has 2 N–H and O–H groups in total. The van der Waals surface area contributed by atoms with Crippen molar-refractivity contribution in [1.29, 1.82) is 0 Å². The first kappa shape index (κ1) is 13.5. The molecule has 0 saturated heterocycles. The number of rotatable bonds is 5. The maximum absolute atomic E-state index is 11.8. The second-order valence-corrected chi connectivity index (χ2v) is 6.31. The summed E-state index contributed by atoms with van der Waals surface area (Å²) in [6, 6.07) is 5.35. The minimum Gasteiger partial charge on any atom is -0.399 e. The van der Waals surface area contributed by atoms with Crippen molar-refractivity contribution < 1.29 is 4.21 Å². The molecule has 16 heavy (non-hydrogen) atoms. The fourth-order valence-corrected chi connectivity index (χ4v) is 3.11. The molecule has 2 nitrogen and oxygen atoms in total. The van der Waals surface area contributed by atoms with Crippen LogP contribution in [-0.4, -0.2) is 9.96 Å². The van der Waals surface area contributed by atoms with Gasteiger partial charge in [0.2, 0.25) is 0 Å². The van der Waals surface area contributed by atoms with Crippen LogP contribution in [-0.2, 0) is 16.6 Å². The topological polar surface area (TPSA) is 43.1 Å². The Bertz CT molecular complexity index is 379. The van der Waals surface area contributed by atoms with Crippen molar-refractivity contribution in [1.82, 2.24) is 0 Å². The molecule has 90 valence electrons. The van der Waals surface area contributed by atoms with Gasteiger partial charge in [-0.2, -0.15) is 0 Å². The Kier molecular flexibility index (Phi) is 5.29. The van der Waals surface area contributed by atoms with E-state index in [4.69, 9.17) is 17.3 Å². The summed E-state index contributed by atoms with van der Waals surface area (Å²) in [6.45, 7) is 4.26.